The topological polar surface area (TPSA) is 65.6 Å². The van der Waals surface area contributed by atoms with Gasteiger partial charge in [-0.1, -0.05) is 18.2 Å². The number of H-pyrrole nitrogens is 1. The minimum absolute atomic E-state index is 0.144. The molecule has 3 aromatic rings. The molecule has 0 bridgehead atoms. The van der Waals surface area contributed by atoms with E-state index in [0.717, 1.165) is 24.2 Å². The zero-order valence-electron chi connectivity index (χ0n) is 15.6. The van der Waals surface area contributed by atoms with Crippen LogP contribution in [0.5, 0.6) is 5.75 Å². The molecular formula is C22H21N3O3. The molecule has 2 amide bonds. The number of carbonyl (C=O) groups is 2. The van der Waals surface area contributed by atoms with Gasteiger partial charge in [-0.25, -0.2) is 4.90 Å². The van der Waals surface area contributed by atoms with Crippen LogP contribution in [0.25, 0.3) is 10.9 Å². The van der Waals surface area contributed by atoms with Crippen LogP contribution in [0.15, 0.2) is 48.5 Å². The van der Waals surface area contributed by atoms with Crippen LogP contribution in [0, 0.1) is 0 Å². The van der Waals surface area contributed by atoms with Crippen LogP contribution < -0.4 is 9.64 Å². The number of aromatic nitrogens is 1. The molecule has 1 saturated heterocycles. The zero-order chi connectivity index (χ0) is 19.3. The summed E-state index contributed by atoms with van der Waals surface area (Å²) < 4.78 is 5.16. The van der Waals surface area contributed by atoms with Crippen molar-refractivity contribution in [2.45, 2.75) is 25.4 Å². The van der Waals surface area contributed by atoms with E-state index in [-0.39, 0.29) is 18.2 Å². The normalized spacial score (nSPS) is 20.0. The molecule has 28 heavy (non-hydrogen) atoms. The van der Waals surface area contributed by atoms with Crippen molar-refractivity contribution >= 4 is 28.4 Å². The lowest BCUT2D eigenvalue weighted by Crippen LogP contribution is -2.44. The highest BCUT2D eigenvalue weighted by Gasteiger charge is 2.43. The summed E-state index contributed by atoms with van der Waals surface area (Å²) in [6.45, 7) is 1.43. The van der Waals surface area contributed by atoms with E-state index in [1.165, 1.54) is 15.8 Å². The third-order valence-electron chi connectivity index (χ3n) is 5.81. The number of benzene rings is 2. The molecule has 2 aliphatic rings. The molecule has 1 atom stereocenters. The van der Waals surface area contributed by atoms with E-state index in [0.29, 0.717) is 18.0 Å². The summed E-state index contributed by atoms with van der Waals surface area (Å²) in [7, 11) is 1.59. The predicted octanol–water partition coefficient (Wildman–Crippen LogP) is 2.87. The van der Waals surface area contributed by atoms with Crippen molar-refractivity contribution < 1.29 is 14.3 Å². The van der Waals surface area contributed by atoms with Gasteiger partial charge in [-0.2, -0.15) is 0 Å². The van der Waals surface area contributed by atoms with E-state index in [1.807, 2.05) is 6.07 Å². The van der Waals surface area contributed by atoms with Crippen LogP contribution in [0.3, 0.4) is 0 Å². The van der Waals surface area contributed by atoms with Gasteiger partial charge in [-0.3, -0.25) is 14.5 Å². The largest absolute Gasteiger partial charge is 0.497 e. The van der Waals surface area contributed by atoms with Crippen LogP contribution in [0.1, 0.15) is 17.7 Å². The molecule has 1 N–H and O–H groups in total. The molecule has 0 spiro atoms. The van der Waals surface area contributed by atoms with Gasteiger partial charge >= 0.3 is 0 Å². The van der Waals surface area contributed by atoms with Crippen LogP contribution in [0.4, 0.5) is 5.69 Å². The molecule has 5 rings (SSSR count). The highest BCUT2D eigenvalue weighted by Crippen LogP contribution is 2.32. The summed E-state index contributed by atoms with van der Waals surface area (Å²) in [5.74, 6) is 0.402. The number of para-hydroxylation sites is 1. The van der Waals surface area contributed by atoms with Gasteiger partial charge < -0.3 is 9.72 Å². The second-order valence-electron chi connectivity index (χ2n) is 7.33. The van der Waals surface area contributed by atoms with E-state index >= 15 is 0 Å². The van der Waals surface area contributed by atoms with Crippen LogP contribution >= 0.6 is 0 Å². The van der Waals surface area contributed by atoms with Crippen molar-refractivity contribution in [2.75, 3.05) is 18.6 Å². The molecule has 0 aliphatic carbocycles. The third kappa shape index (κ3) is 2.60. The minimum atomic E-state index is -0.408. The number of anilines is 1. The Hall–Kier alpha value is -3.12. The van der Waals surface area contributed by atoms with E-state index in [1.54, 1.807) is 31.4 Å². The summed E-state index contributed by atoms with van der Waals surface area (Å²) >= 11 is 0. The second kappa shape index (κ2) is 6.49. The van der Waals surface area contributed by atoms with E-state index in [2.05, 4.69) is 28.1 Å². The molecule has 2 aliphatic heterocycles. The number of hydrogen-bond donors (Lipinski definition) is 1. The Morgan fingerprint density at radius 3 is 2.64 bits per heavy atom. The smallest absolute Gasteiger partial charge is 0.251 e. The van der Waals surface area contributed by atoms with Crippen molar-refractivity contribution in [1.29, 1.82) is 0 Å². The SMILES string of the molecule is COc1ccc(N2C(=O)CC(N3CCc4c([nH]c5ccccc45)C3)C2=O)cc1. The van der Waals surface area contributed by atoms with Gasteiger partial charge in [0.25, 0.3) is 5.91 Å². The molecule has 6 nitrogen and oxygen atoms in total. The first-order valence-electron chi connectivity index (χ1n) is 9.49. The Kier molecular flexibility index (Phi) is 3.94. The summed E-state index contributed by atoms with van der Waals surface area (Å²) in [4.78, 5) is 32.6. The lowest BCUT2D eigenvalue weighted by Gasteiger charge is -2.30. The molecule has 1 unspecified atom stereocenters. The Balaban J connectivity index is 1.40. The number of carbonyl (C=O) groups excluding carboxylic acids is 2. The fourth-order valence-electron chi connectivity index (χ4n) is 4.38. The predicted molar refractivity (Wildman–Crippen MR) is 106 cm³/mol. The number of ether oxygens (including phenoxy) is 1. The molecule has 1 fully saturated rings. The Morgan fingerprint density at radius 2 is 1.86 bits per heavy atom. The Morgan fingerprint density at radius 1 is 1.07 bits per heavy atom. The first kappa shape index (κ1) is 17.0. The quantitative estimate of drug-likeness (QED) is 0.715. The van der Waals surface area contributed by atoms with Crippen molar-refractivity contribution in [3.8, 4) is 5.75 Å². The van der Waals surface area contributed by atoms with Crippen LogP contribution in [0.2, 0.25) is 0 Å². The zero-order valence-corrected chi connectivity index (χ0v) is 15.6. The first-order chi connectivity index (χ1) is 13.7. The fourth-order valence-corrected chi connectivity index (χ4v) is 4.38. The van der Waals surface area contributed by atoms with E-state index in [9.17, 15) is 9.59 Å². The van der Waals surface area contributed by atoms with Gasteiger partial charge in [0, 0.05) is 29.7 Å². The lowest BCUT2D eigenvalue weighted by molar-refractivity contribution is -0.123. The van der Waals surface area contributed by atoms with Gasteiger partial charge in [0.2, 0.25) is 5.91 Å². The standard InChI is InChI=1S/C22H21N3O3/c1-28-15-8-6-14(7-9-15)25-21(26)12-20(22(25)27)24-11-10-17-16-4-2-3-5-18(16)23-19(17)13-24/h2-9,20,23H,10-13H2,1H3. The Labute approximate surface area is 162 Å². The molecule has 6 heteroatoms. The van der Waals surface area contributed by atoms with Crippen molar-refractivity contribution in [1.82, 2.24) is 9.88 Å². The summed E-state index contributed by atoms with van der Waals surface area (Å²) in [5, 5.41) is 1.26. The van der Waals surface area contributed by atoms with Crippen LogP contribution in [-0.4, -0.2) is 41.4 Å². The van der Waals surface area contributed by atoms with Crippen molar-refractivity contribution in [3.63, 3.8) is 0 Å². The number of nitrogens with one attached hydrogen (secondary N) is 1. The molecule has 142 valence electrons. The summed E-state index contributed by atoms with van der Waals surface area (Å²) in [5.41, 5.74) is 4.20. The summed E-state index contributed by atoms with van der Waals surface area (Å²) in [6.07, 6.45) is 1.10. The molecular weight excluding hydrogens is 354 g/mol. The lowest BCUT2D eigenvalue weighted by atomic mass is 10.0. The van der Waals surface area contributed by atoms with Gasteiger partial charge in [0.15, 0.2) is 0 Å². The third-order valence-corrected chi connectivity index (χ3v) is 5.81. The van der Waals surface area contributed by atoms with E-state index < -0.39 is 6.04 Å². The maximum absolute atomic E-state index is 13.1. The number of aromatic amines is 1. The van der Waals surface area contributed by atoms with Gasteiger partial charge in [-0.15, -0.1) is 0 Å². The molecule has 0 radical (unpaired) electrons. The fraction of sp³-hybridized carbons (Fsp3) is 0.273. The average molecular weight is 375 g/mol. The van der Waals surface area contributed by atoms with Crippen molar-refractivity contribution in [3.05, 3.63) is 59.8 Å². The van der Waals surface area contributed by atoms with Gasteiger partial charge in [-0.05, 0) is 42.3 Å². The molecule has 3 heterocycles. The highest BCUT2D eigenvalue weighted by molar-refractivity contribution is 6.22. The van der Waals surface area contributed by atoms with E-state index in [4.69, 9.17) is 4.74 Å². The molecule has 1 aromatic heterocycles. The number of imide groups is 1. The number of fused-ring (bicyclic) bond motifs is 3. The van der Waals surface area contributed by atoms with Gasteiger partial charge in [0.1, 0.15) is 5.75 Å². The number of methoxy groups -OCH3 is 1. The maximum Gasteiger partial charge on any atom is 0.251 e. The minimum Gasteiger partial charge on any atom is -0.497 e. The highest BCUT2D eigenvalue weighted by atomic mass is 16.5. The number of hydrogen-bond acceptors (Lipinski definition) is 4. The second-order valence-corrected chi connectivity index (χ2v) is 7.33. The molecule has 0 saturated carbocycles. The number of rotatable bonds is 3. The maximum atomic E-state index is 13.1. The van der Waals surface area contributed by atoms with Crippen molar-refractivity contribution in [2.24, 2.45) is 0 Å². The monoisotopic (exact) mass is 375 g/mol. The average Bonchev–Trinajstić information content (AvgIpc) is 3.24. The number of nitrogens with zero attached hydrogens (tertiary/aromatic N) is 2. The number of amides is 2. The Bertz CT molecular complexity index is 1070. The summed E-state index contributed by atoms with van der Waals surface area (Å²) in [6, 6.07) is 14.9. The first-order valence-corrected chi connectivity index (χ1v) is 9.49. The van der Waals surface area contributed by atoms with Crippen LogP contribution in [-0.2, 0) is 22.6 Å². The van der Waals surface area contributed by atoms with Gasteiger partial charge in [0.05, 0.1) is 25.3 Å². The molecule has 2 aromatic carbocycles.